The molecule has 26 heavy (non-hydrogen) atoms. The lowest BCUT2D eigenvalue weighted by molar-refractivity contribution is -0.127. The minimum Gasteiger partial charge on any atom is -0.489 e. The number of nitrogens with one attached hydrogen (secondary N) is 2. The maximum atomic E-state index is 12.1. The molecular weight excluding hydrogens is 336 g/mol. The summed E-state index contributed by atoms with van der Waals surface area (Å²) < 4.78 is 10.7. The maximum Gasteiger partial charge on any atom is 0.338 e. The van der Waals surface area contributed by atoms with Crippen molar-refractivity contribution in [2.24, 2.45) is 0 Å². The van der Waals surface area contributed by atoms with Crippen LogP contribution >= 0.6 is 0 Å². The zero-order valence-electron chi connectivity index (χ0n) is 14.5. The molecule has 1 unspecified atom stereocenters. The van der Waals surface area contributed by atoms with Crippen LogP contribution < -0.4 is 15.4 Å². The smallest absolute Gasteiger partial charge is 0.338 e. The van der Waals surface area contributed by atoms with Gasteiger partial charge in [0, 0.05) is 7.05 Å². The molecule has 0 aliphatic carbocycles. The molecule has 7 nitrogen and oxygen atoms in total. The Morgan fingerprint density at radius 1 is 1.00 bits per heavy atom. The molecule has 0 heterocycles. The average Bonchev–Trinajstić information content (AvgIpc) is 2.67. The number of ether oxygens (including phenoxy) is 2. The minimum absolute atomic E-state index is 0.299. The lowest BCUT2D eigenvalue weighted by Gasteiger charge is -2.13. The Labute approximate surface area is 151 Å². The molecule has 0 radical (unpaired) electrons. The van der Waals surface area contributed by atoms with Crippen molar-refractivity contribution in [2.45, 2.75) is 19.6 Å². The SMILES string of the molecule is CNC(=O)NC(=O)C(C)OC(=O)c1ccc(COc2ccccc2)cc1. The molecule has 2 aromatic rings. The highest BCUT2D eigenvalue weighted by molar-refractivity contribution is 5.98. The lowest BCUT2D eigenvalue weighted by atomic mass is 10.1. The van der Waals surface area contributed by atoms with Gasteiger partial charge in [0.05, 0.1) is 5.56 Å². The highest BCUT2D eigenvalue weighted by atomic mass is 16.5. The Morgan fingerprint density at radius 2 is 1.65 bits per heavy atom. The Morgan fingerprint density at radius 3 is 2.27 bits per heavy atom. The summed E-state index contributed by atoms with van der Waals surface area (Å²) in [5, 5.41) is 4.29. The highest BCUT2D eigenvalue weighted by Crippen LogP contribution is 2.13. The van der Waals surface area contributed by atoms with Gasteiger partial charge < -0.3 is 14.8 Å². The van der Waals surface area contributed by atoms with Gasteiger partial charge >= 0.3 is 12.0 Å². The van der Waals surface area contributed by atoms with Gasteiger partial charge in [-0.3, -0.25) is 10.1 Å². The number of carbonyl (C=O) groups is 3. The van der Waals surface area contributed by atoms with Crippen LogP contribution in [0.4, 0.5) is 4.79 Å². The van der Waals surface area contributed by atoms with E-state index in [9.17, 15) is 14.4 Å². The van der Waals surface area contributed by atoms with Gasteiger partial charge in [0.15, 0.2) is 6.10 Å². The second-order valence-electron chi connectivity index (χ2n) is 5.41. The number of carbonyl (C=O) groups excluding carboxylic acids is 3. The van der Waals surface area contributed by atoms with Crippen LogP contribution in [0.25, 0.3) is 0 Å². The van der Waals surface area contributed by atoms with Crippen LogP contribution in [0.2, 0.25) is 0 Å². The first-order valence-electron chi connectivity index (χ1n) is 8.00. The molecule has 0 spiro atoms. The van der Waals surface area contributed by atoms with Crippen LogP contribution in [0.5, 0.6) is 5.75 Å². The van der Waals surface area contributed by atoms with Crippen molar-refractivity contribution in [3.63, 3.8) is 0 Å². The zero-order valence-corrected chi connectivity index (χ0v) is 14.5. The molecule has 2 rings (SSSR count). The molecule has 7 heteroatoms. The Kier molecular flexibility index (Phi) is 6.73. The monoisotopic (exact) mass is 356 g/mol. The minimum atomic E-state index is -1.10. The van der Waals surface area contributed by atoms with Crippen molar-refractivity contribution in [1.29, 1.82) is 0 Å². The van der Waals surface area contributed by atoms with Gasteiger partial charge in [0.2, 0.25) is 0 Å². The molecule has 0 saturated heterocycles. The maximum absolute atomic E-state index is 12.1. The summed E-state index contributed by atoms with van der Waals surface area (Å²) in [5.41, 5.74) is 1.18. The van der Waals surface area contributed by atoms with Crippen LogP contribution in [0, 0.1) is 0 Å². The van der Waals surface area contributed by atoms with Gasteiger partial charge in [0.1, 0.15) is 12.4 Å². The molecule has 0 aromatic heterocycles. The van der Waals surface area contributed by atoms with Crippen LogP contribution in [-0.2, 0) is 16.1 Å². The van der Waals surface area contributed by atoms with E-state index in [0.717, 1.165) is 11.3 Å². The summed E-state index contributed by atoms with van der Waals surface area (Å²) in [6.07, 6.45) is -1.10. The number of esters is 1. The average molecular weight is 356 g/mol. The lowest BCUT2D eigenvalue weighted by Crippen LogP contribution is -2.43. The van der Waals surface area contributed by atoms with Gasteiger partial charge in [-0.15, -0.1) is 0 Å². The number of hydrogen-bond acceptors (Lipinski definition) is 5. The van der Waals surface area contributed by atoms with E-state index >= 15 is 0 Å². The van der Waals surface area contributed by atoms with E-state index in [-0.39, 0.29) is 0 Å². The standard InChI is InChI=1S/C19H20N2O5/c1-13(17(22)21-19(24)20-2)26-18(23)15-10-8-14(9-11-15)12-25-16-6-4-3-5-7-16/h3-11,13H,12H2,1-2H3,(H2,20,21,22,24). The first kappa shape index (κ1) is 19.0. The molecule has 0 fully saturated rings. The second-order valence-corrected chi connectivity index (χ2v) is 5.41. The van der Waals surface area contributed by atoms with Crippen LogP contribution in [0.15, 0.2) is 54.6 Å². The predicted octanol–water partition coefficient (Wildman–Crippen LogP) is 2.27. The van der Waals surface area contributed by atoms with Gasteiger partial charge in [-0.1, -0.05) is 30.3 Å². The van der Waals surface area contributed by atoms with E-state index in [1.807, 2.05) is 35.6 Å². The van der Waals surface area contributed by atoms with Gasteiger partial charge in [-0.05, 0) is 36.8 Å². The summed E-state index contributed by atoms with van der Waals surface area (Å²) in [7, 11) is 1.38. The molecule has 0 aliphatic rings. The van der Waals surface area contributed by atoms with Gasteiger partial charge in [-0.2, -0.15) is 0 Å². The van der Waals surface area contributed by atoms with E-state index in [2.05, 4.69) is 5.32 Å². The summed E-state index contributed by atoms with van der Waals surface area (Å²) >= 11 is 0. The molecule has 0 aliphatic heterocycles. The van der Waals surface area contributed by atoms with E-state index in [1.165, 1.54) is 14.0 Å². The fraction of sp³-hybridized carbons (Fsp3) is 0.211. The second kappa shape index (κ2) is 9.22. The largest absolute Gasteiger partial charge is 0.489 e. The fourth-order valence-corrected chi connectivity index (χ4v) is 1.98. The Balaban J connectivity index is 1.87. The number of benzene rings is 2. The molecule has 1 atom stereocenters. The molecule has 0 saturated carbocycles. The Hall–Kier alpha value is -3.35. The first-order chi connectivity index (χ1) is 12.5. The molecule has 3 amide bonds. The van der Waals surface area contributed by atoms with E-state index in [1.54, 1.807) is 24.3 Å². The third-order valence-electron chi connectivity index (χ3n) is 3.46. The number of rotatable bonds is 6. The Bertz CT molecular complexity index is 759. The summed E-state index contributed by atoms with van der Waals surface area (Å²) in [4.78, 5) is 34.8. The van der Waals surface area contributed by atoms with Crippen molar-refractivity contribution in [3.8, 4) is 5.75 Å². The van der Waals surface area contributed by atoms with Gasteiger partial charge in [-0.25, -0.2) is 9.59 Å². The summed E-state index contributed by atoms with van der Waals surface area (Å²) in [6.45, 7) is 1.75. The predicted molar refractivity (Wildman–Crippen MR) is 94.7 cm³/mol. The number of urea groups is 1. The van der Waals surface area contributed by atoms with E-state index in [4.69, 9.17) is 9.47 Å². The third-order valence-corrected chi connectivity index (χ3v) is 3.46. The van der Waals surface area contributed by atoms with Crippen molar-refractivity contribution in [3.05, 3.63) is 65.7 Å². The number of amides is 3. The van der Waals surface area contributed by atoms with Crippen molar-refractivity contribution < 1.29 is 23.9 Å². The molecule has 0 bridgehead atoms. The first-order valence-corrected chi connectivity index (χ1v) is 8.00. The molecule has 136 valence electrons. The van der Waals surface area contributed by atoms with E-state index in [0.29, 0.717) is 12.2 Å². The quantitative estimate of drug-likeness (QED) is 0.775. The third kappa shape index (κ3) is 5.62. The normalized spacial score (nSPS) is 11.2. The van der Waals surface area contributed by atoms with Crippen molar-refractivity contribution in [1.82, 2.24) is 10.6 Å². The fourth-order valence-electron chi connectivity index (χ4n) is 1.98. The number of hydrogen-bond donors (Lipinski definition) is 2. The van der Waals surface area contributed by atoms with Crippen molar-refractivity contribution >= 4 is 17.9 Å². The zero-order chi connectivity index (χ0) is 18.9. The van der Waals surface area contributed by atoms with Crippen molar-refractivity contribution in [2.75, 3.05) is 7.05 Å². The van der Waals surface area contributed by atoms with E-state index < -0.39 is 24.0 Å². The molecule has 2 N–H and O–H groups in total. The van der Waals surface area contributed by atoms with Crippen LogP contribution in [0.3, 0.4) is 0 Å². The number of para-hydroxylation sites is 1. The topological polar surface area (TPSA) is 93.7 Å². The highest BCUT2D eigenvalue weighted by Gasteiger charge is 2.20. The summed E-state index contributed by atoms with van der Waals surface area (Å²) in [6, 6.07) is 15.4. The molecular formula is C19H20N2O5. The number of imide groups is 1. The van der Waals surface area contributed by atoms with Crippen LogP contribution in [-0.4, -0.2) is 31.1 Å². The summed E-state index contributed by atoms with van der Waals surface area (Å²) in [5.74, 6) is -0.599. The van der Waals surface area contributed by atoms with Crippen LogP contribution in [0.1, 0.15) is 22.8 Å². The van der Waals surface area contributed by atoms with Gasteiger partial charge in [0.25, 0.3) is 5.91 Å². The molecule has 2 aromatic carbocycles.